The zero-order valence-electron chi connectivity index (χ0n) is 13.4. The van der Waals surface area contributed by atoms with Crippen molar-refractivity contribution in [1.29, 1.82) is 0 Å². The second-order valence-electron chi connectivity index (χ2n) is 5.43. The molecule has 126 valence electrons. The van der Waals surface area contributed by atoms with E-state index >= 15 is 0 Å². The van der Waals surface area contributed by atoms with Gasteiger partial charge in [-0.15, -0.1) is 0 Å². The van der Waals surface area contributed by atoms with E-state index in [-0.39, 0.29) is 22.3 Å². The van der Waals surface area contributed by atoms with Crippen LogP contribution in [0.15, 0.2) is 34.2 Å². The quantitative estimate of drug-likeness (QED) is 0.737. The highest BCUT2D eigenvalue weighted by Gasteiger charge is 2.27. The first-order chi connectivity index (χ1) is 11.5. The van der Waals surface area contributed by atoms with Crippen LogP contribution in [0.4, 0.5) is 0 Å². The Hall–Kier alpha value is -2.61. The minimum Gasteiger partial charge on any atom is -0.494 e. The molecule has 8 heteroatoms. The Bertz CT molecular complexity index is 916. The molecular formula is C16H18N4O3S. The Balaban J connectivity index is 1.93. The van der Waals surface area contributed by atoms with Gasteiger partial charge >= 0.3 is 0 Å². The van der Waals surface area contributed by atoms with Crippen LogP contribution in [-0.2, 0) is 7.05 Å². The Morgan fingerprint density at radius 2 is 2.21 bits per heavy atom. The number of aromatic nitrogens is 2. The molecule has 1 aliphatic rings. The third-order valence-electron chi connectivity index (χ3n) is 3.93. The summed E-state index contributed by atoms with van der Waals surface area (Å²) >= 11 is 4.98. The third kappa shape index (κ3) is 2.80. The predicted octanol–water partition coefficient (Wildman–Crippen LogP) is 1.99. The van der Waals surface area contributed by atoms with Crippen LogP contribution in [0.3, 0.4) is 0 Å². The Labute approximate surface area is 143 Å². The second-order valence-corrected chi connectivity index (χ2v) is 5.82. The number of H-pyrrole nitrogens is 1. The summed E-state index contributed by atoms with van der Waals surface area (Å²) in [6.45, 7) is 2.49. The first-order valence-electron chi connectivity index (χ1n) is 7.59. The zero-order chi connectivity index (χ0) is 17.3. The van der Waals surface area contributed by atoms with Gasteiger partial charge in [-0.2, -0.15) is 5.10 Å². The molecule has 0 spiro atoms. The number of rotatable bonds is 4. The minimum atomic E-state index is -0.449. The maximum atomic E-state index is 12.2. The molecule has 1 aromatic carbocycles. The van der Waals surface area contributed by atoms with Crippen LogP contribution >= 0.6 is 12.2 Å². The molecule has 0 fully saturated rings. The summed E-state index contributed by atoms with van der Waals surface area (Å²) in [4.78, 5) is 14.7. The van der Waals surface area contributed by atoms with Crippen molar-refractivity contribution in [2.24, 2.45) is 12.1 Å². The fraction of sp³-hybridized carbons (Fsp3) is 0.312. The second kappa shape index (κ2) is 6.48. The van der Waals surface area contributed by atoms with E-state index < -0.39 is 5.56 Å². The molecular weight excluding hydrogens is 328 g/mol. The lowest BCUT2D eigenvalue weighted by Crippen LogP contribution is -2.21. The first kappa shape index (κ1) is 16.3. The Morgan fingerprint density at radius 3 is 2.96 bits per heavy atom. The van der Waals surface area contributed by atoms with E-state index in [2.05, 4.69) is 15.5 Å². The van der Waals surface area contributed by atoms with Crippen LogP contribution < -0.4 is 15.7 Å². The van der Waals surface area contributed by atoms with E-state index in [0.29, 0.717) is 18.7 Å². The number of ether oxygens (including phenoxy) is 1. The van der Waals surface area contributed by atoms with Crippen molar-refractivity contribution in [2.45, 2.75) is 19.4 Å². The molecule has 0 amide bonds. The van der Waals surface area contributed by atoms with E-state index in [1.165, 1.54) is 4.57 Å². The highest BCUT2D eigenvalue weighted by molar-refractivity contribution is 7.71. The predicted molar refractivity (Wildman–Crippen MR) is 93.2 cm³/mol. The molecule has 2 heterocycles. The zero-order valence-corrected chi connectivity index (χ0v) is 14.2. The largest absolute Gasteiger partial charge is 0.494 e. The number of hydrogen-bond acceptors (Lipinski definition) is 6. The molecule has 1 atom stereocenters. The molecule has 3 rings (SSSR count). The Kier molecular flexibility index (Phi) is 4.39. The number of nitrogens with one attached hydrogen (secondary N) is 2. The summed E-state index contributed by atoms with van der Waals surface area (Å²) in [5, 5.41) is 14.5. The van der Waals surface area contributed by atoms with Crippen molar-refractivity contribution in [2.75, 3.05) is 6.61 Å². The number of para-hydroxylation sites is 1. The molecule has 1 aliphatic heterocycles. The molecule has 2 aromatic rings. The smallest absolute Gasteiger partial charge is 0.264 e. The average molecular weight is 346 g/mol. The van der Waals surface area contributed by atoms with Crippen LogP contribution in [0.5, 0.6) is 11.6 Å². The highest BCUT2D eigenvalue weighted by atomic mass is 32.1. The molecule has 0 saturated carbocycles. The van der Waals surface area contributed by atoms with Crippen LogP contribution in [0, 0.1) is 4.77 Å². The van der Waals surface area contributed by atoms with Crippen molar-refractivity contribution in [3.63, 3.8) is 0 Å². The average Bonchev–Trinajstić information content (AvgIpc) is 3.03. The summed E-state index contributed by atoms with van der Waals surface area (Å²) in [6, 6.07) is 7.56. The number of hydrogen-bond donors (Lipinski definition) is 3. The summed E-state index contributed by atoms with van der Waals surface area (Å²) in [6.07, 6.45) is 0.456. The maximum Gasteiger partial charge on any atom is 0.264 e. The fourth-order valence-electron chi connectivity index (χ4n) is 2.70. The van der Waals surface area contributed by atoms with Gasteiger partial charge in [0.25, 0.3) is 5.56 Å². The van der Waals surface area contributed by atoms with Crippen LogP contribution in [0.25, 0.3) is 0 Å². The van der Waals surface area contributed by atoms with Gasteiger partial charge in [0.2, 0.25) is 5.88 Å². The number of aromatic hydroxyl groups is 1. The normalized spacial score (nSPS) is 16.6. The van der Waals surface area contributed by atoms with Gasteiger partial charge < -0.3 is 15.3 Å². The van der Waals surface area contributed by atoms with E-state index in [1.807, 2.05) is 31.2 Å². The van der Waals surface area contributed by atoms with Gasteiger partial charge in [-0.05, 0) is 25.2 Å². The number of nitrogens with zero attached hydrogens (tertiary/aromatic N) is 2. The van der Waals surface area contributed by atoms with Gasteiger partial charge in [0.1, 0.15) is 11.3 Å². The number of hydrazone groups is 1. The lowest BCUT2D eigenvalue weighted by molar-refractivity contribution is 0.332. The number of aromatic amines is 1. The summed E-state index contributed by atoms with van der Waals surface area (Å²) in [5.74, 6) is 0.585. The third-order valence-corrected chi connectivity index (χ3v) is 4.31. The molecule has 0 unspecified atom stereocenters. The molecule has 7 nitrogen and oxygen atoms in total. The van der Waals surface area contributed by atoms with E-state index in [9.17, 15) is 9.90 Å². The van der Waals surface area contributed by atoms with Crippen LogP contribution in [0.1, 0.15) is 30.5 Å². The summed E-state index contributed by atoms with van der Waals surface area (Å²) in [5.41, 5.74) is 4.14. The lowest BCUT2D eigenvalue weighted by atomic mass is 9.99. The minimum absolute atomic E-state index is 0.130. The van der Waals surface area contributed by atoms with Gasteiger partial charge in [0.15, 0.2) is 4.77 Å². The van der Waals surface area contributed by atoms with Gasteiger partial charge in [-0.1, -0.05) is 18.2 Å². The lowest BCUT2D eigenvalue weighted by Gasteiger charge is -2.15. The van der Waals surface area contributed by atoms with Crippen LogP contribution in [0.2, 0.25) is 0 Å². The molecule has 0 saturated heterocycles. The van der Waals surface area contributed by atoms with E-state index in [4.69, 9.17) is 17.0 Å². The standard InChI is InChI=1S/C16H18N4O3S/c1-3-23-12-7-5-4-6-9(12)10-8-11(19-18-10)13-14(21)17-16(24)20(2)15(13)22/h4-7,10,18,22H,3,8H2,1-2H3,(H,17,21,24)/t10-/m0/s1. The molecule has 0 aliphatic carbocycles. The first-order valence-corrected chi connectivity index (χ1v) is 8.00. The fourth-order valence-corrected chi connectivity index (χ4v) is 2.88. The van der Waals surface area contributed by atoms with Crippen molar-refractivity contribution in [1.82, 2.24) is 15.0 Å². The molecule has 3 N–H and O–H groups in total. The summed E-state index contributed by atoms with van der Waals surface area (Å²) in [7, 11) is 1.59. The van der Waals surface area contributed by atoms with Crippen molar-refractivity contribution >= 4 is 17.9 Å². The van der Waals surface area contributed by atoms with Gasteiger partial charge in [0, 0.05) is 19.0 Å². The molecule has 0 radical (unpaired) electrons. The van der Waals surface area contributed by atoms with E-state index in [1.54, 1.807) is 7.05 Å². The van der Waals surface area contributed by atoms with Gasteiger partial charge in [-0.3, -0.25) is 14.3 Å². The van der Waals surface area contributed by atoms with Gasteiger partial charge in [-0.25, -0.2) is 0 Å². The summed E-state index contributed by atoms with van der Waals surface area (Å²) < 4.78 is 7.15. The van der Waals surface area contributed by atoms with E-state index in [0.717, 1.165) is 11.3 Å². The van der Waals surface area contributed by atoms with Gasteiger partial charge in [0.05, 0.1) is 18.4 Å². The topological polar surface area (TPSA) is 91.6 Å². The highest BCUT2D eigenvalue weighted by Crippen LogP contribution is 2.31. The molecule has 1 aromatic heterocycles. The van der Waals surface area contributed by atoms with Crippen molar-refractivity contribution < 1.29 is 9.84 Å². The monoisotopic (exact) mass is 346 g/mol. The maximum absolute atomic E-state index is 12.2. The Morgan fingerprint density at radius 1 is 1.46 bits per heavy atom. The van der Waals surface area contributed by atoms with Crippen LogP contribution in [-0.4, -0.2) is 27.0 Å². The molecule has 24 heavy (non-hydrogen) atoms. The van der Waals surface area contributed by atoms with Crippen molar-refractivity contribution in [3.05, 3.63) is 50.5 Å². The SMILES string of the molecule is CCOc1ccccc1[C@@H]1CC(c2c(O)n(C)c(=S)[nH]c2=O)=NN1. The van der Waals surface area contributed by atoms with Crippen molar-refractivity contribution in [3.8, 4) is 11.6 Å². The molecule has 0 bridgehead atoms. The number of benzene rings is 1.